The molecule has 1 amide bonds. The Kier molecular flexibility index (Phi) is 5.98. The maximum atomic E-state index is 13.3. The molecule has 0 bridgehead atoms. The molecule has 7 nitrogen and oxygen atoms in total. The highest BCUT2D eigenvalue weighted by atomic mass is 16.2. The van der Waals surface area contributed by atoms with Gasteiger partial charge in [-0.05, 0) is 25.0 Å². The van der Waals surface area contributed by atoms with Crippen molar-refractivity contribution >= 4 is 17.4 Å². The molecule has 4 rings (SSSR count). The van der Waals surface area contributed by atoms with Crippen molar-refractivity contribution in [1.82, 2.24) is 19.2 Å². The third-order valence-corrected chi connectivity index (χ3v) is 5.48. The second-order valence-corrected chi connectivity index (χ2v) is 7.52. The molecule has 0 aliphatic heterocycles. The van der Waals surface area contributed by atoms with Crippen molar-refractivity contribution < 1.29 is 4.79 Å². The summed E-state index contributed by atoms with van der Waals surface area (Å²) in [6, 6.07) is 17.1. The lowest BCUT2D eigenvalue weighted by Crippen LogP contribution is -2.29. The first-order chi connectivity index (χ1) is 15.5. The molecule has 0 fully saturated rings. The van der Waals surface area contributed by atoms with Crippen LogP contribution in [0.5, 0.6) is 0 Å². The molecule has 2 heterocycles. The number of anilines is 1. The van der Waals surface area contributed by atoms with E-state index in [-0.39, 0.29) is 17.9 Å². The van der Waals surface area contributed by atoms with Gasteiger partial charge in [0.05, 0.1) is 6.42 Å². The number of carbonyl (C=O) groups excluding carboxylic acids is 1. The second-order valence-electron chi connectivity index (χ2n) is 7.52. The van der Waals surface area contributed by atoms with E-state index in [0.29, 0.717) is 29.4 Å². The SMILES string of the molecule is C=CCn1c(C)c(CC(=O)Nc2ccccc2CC)c(=O)n2nc(-c3ccccc3)nc12. The van der Waals surface area contributed by atoms with Gasteiger partial charge in [0.1, 0.15) is 0 Å². The largest absolute Gasteiger partial charge is 0.326 e. The zero-order valence-corrected chi connectivity index (χ0v) is 18.2. The zero-order chi connectivity index (χ0) is 22.7. The maximum absolute atomic E-state index is 13.3. The molecule has 32 heavy (non-hydrogen) atoms. The molecule has 1 N–H and O–H groups in total. The van der Waals surface area contributed by atoms with Gasteiger partial charge in [-0.1, -0.05) is 61.5 Å². The predicted octanol–water partition coefficient (Wildman–Crippen LogP) is 3.80. The van der Waals surface area contributed by atoms with Crippen LogP contribution in [-0.4, -0.2) is 25.1 Å². The smallest absolute Gasteiger partial charge is 0.279 e. The van der Waals surface area contributed by atoms with Gasteiger partial charge in [0.2, 0.25) is 11.7 Å². The van der Waals surface area contributed by atoms with E-state index >= 15 is 0 Å². The van der Waals surface area contributed by atoms with Gasteiger partial charge in [0.15, 0.2) is 5.82 Å². The van der Waals surface area contributed by atoms with Crippen LogP contribution >= 0.6 is 0 Å². The quantitative estimate of drug-likeness (QED) is 0.455. The molecule has 0 aliphatic rings. The van der Waals surface area contributed by atoms with Crippen molar-refractivity contribution in [3.05, 3.63) is 94.4 Å². The maximum Gasteiger partial charge on any atom is 0.279 e. The molecule has 2 aromatic carbocycles. The zero-order valence-electron chi connectivity index (χ0n) is 18.2. The Morgan fingerprint density at radius 1 is 1.12 bits per heavy atom. The van der Waals surface area contributed by atoms with Gasteiger partial charge in [0, 0.05) is 29.1 Å². The molecule has 2 aromatic heterocycles. The lowest BCUT2D eigenvalue weighted by Gasteiger charge is -2.14. The number of aromatic nitrogens is 4. The molecule has 0 spiro atoms. The number of carbonyl (C=O) groups is 1. The summed E-state index contributed by atoms with van der Waals surface area (Å²) in [6.45, 7) is 8.12. The number of para-hydroxylation sites is 1. The van der Waals surface area contributed by atoms with E-state index < -0.39 is 0 Å². The monoisotopic (exact) mass is 427 g/mol. The summed E-state index contributed by atoms with van der Waals surface area (Å²) in [4.78, 5) is 30.8. The minimum atomic E-state index is -0.341. The predicted molar refractivity (Wildman–Crippen MR) is 126 cm³/mol. The van der Waals surface area contributed by atoms with Crippen molar-refractivity contribution in [2.75, 3.05) is 5.32 Å². The Labute approximate surface area is 186 Å². The minimum Gasteiger partial charge on any atom is -0.326 e. The van der Waals surface area contributed by atoms with E-state index in [1.54, 1.807) is 6.08 Å². The third kappa shape index (κ3) is 3.97. The first-order valence-corrected chi connectivity index (χ1v) is 10.6. The first kappa shape index (κ1) is 21.2. The van der Waals surface area contributed by atoms with Gasteiger partial charge < -0.3 is 9.88 Å². The van der Waals surface area contributed by atoms with Gasteiger partial charge in [0.25, 0.3) is 5.56 Å². The van der Waals surface area contributed by atoms with E-state index in [9.17, 15) is 9.59 Å². The van der Waals surface area contributed by atoms with E-state index in [0.717, 1.165) is 23.2 Å². The van der Waals surface area contributed by atoms with Crippen LogP contribution in [0, 0.1) is 6.92 Å². The molecule has 0 atom stereocenters. The van der Waals surface area contributed by atoms with Gasteiger partial charge in [-0.25, -0.2) is 0 Å². The Hall–Kier alpha value is -4.00. The van der Waals surface area contributed by atoms with E-state index in [4.69, 9.17) is 0 Å². The number of fused-ring (bicyclic) bond motifs is 1. The van der Waals surface area contributed by atoms with Gasteiger partial charge in [-0.15, -0.1) is 11.7 Å². The number of amides is 1. The Bertz CT molecular complexity index is 1350. The van der Waals surface area contributed by atoms with Crippen LogP contribution in [0.3, 0.4) is 0 Å². The fourth-order valence-electron chi connectivity index (χ4n) is 3.78. The minimum absolute atomic E-state index is 0.0592. The van der Waals surface area contributed by atoms with Crippen LogP contribution in [0.15, 0.2) is 72.0 Å². The summed E-state index contributed by atoms with van der Waals surface area (Å²) in [5, 5.41) is 7.39. The highest BCUT2D eigenvalue weighted by Gasteiger charge is 2.20. The summed E-state index contributed by atoms with van der Waals surface area (Å²) in [6.07, 6.45) is 2.47. The van der Waals surface area contributed by atoms with E-state index in [1.807, 2.05) is 73.0 Å². The molecule has 0 aliphatic carbocycles. The van der Waals surface area contributed by atoms with Gasteiger partial charge >= 0.3 is 0 Å². The number of allylic oxidation sites excluding steroid dienone is 1. The van der Waals surface area contributed by atoms with Crippen LogP contribution in [0.25, 0.3) is 17.2 Å². The second kappa shape index (κ2) is 9.01. The topological polar surface area (TPSA) is 81.3 Å². The van der Waals surface area contributed by atoms with Crippen LogP contribution in [-0.2, 0) is 24.2 Å². The summed E-state index contributed by atoms with van der Waals surface area (Å²) >= 11 is 0. The number of nitrogens with one attached hydrogen (secondary N) is 1. The number of rotatable bonds is 7. The van der Waals surface area contributed by atoms with E-state index in [1.165, 1.54) is 4.52 Å². The van der Waals surface area contributed by atoms with Gasteiger partial charge in [-0.2, -0.15) is 9.50 Å². The lowest BCUT2D eigenvalue weighted by molar-refractivity contribution is -0.115. The molecule has 162 valence electrons. The highest BCUT2D eigenvalue weighted by Crippen LogP contribution is 2.18. The highest BCUT2D eigenvalue weighted by molar-refractivity contribution is 5.93. The normalized spacial score (nSPS) is 10.9. The number of hydrogen-bond donors (Lipinski definition) is 1. The summed E-state index contributed by atoms with van der Waals surface area (Å²) in [5.41, 5.74) is 3.34. The van der Waals surface area contributed by atoms with Crippen LogP contribution in [0.4, 0.5) is 5.69 Å². The number of nitrogens with zero attached hydrogens (tertiary/aromatic N) is 4. The fraction of sp³-hybridized carbons (Fsp3) is 0.200. The van der Waals surface area contributed by atoms with Crippen molar-refractivity contribution in [2.45, 2.75) is 33.2 Å². The van der Waals surface area contributed by atoms with E-state index in [2.05, 4.69) is 22.0 Å². The van der Waals surface area contributed by atoms with Crippen molar-refractivity contribution in [2.24, 2.45) is 0 Å². The molecule has 0 radical (unpaired) electrons. The molecule has 0 saturated carbocycles. The Morgan fingerprint density at radius 2 is 1.84 bits per heavy atom. The number of aryl methyl sites for hydroxylation is 1. The van der Waals surface area contributed by atoms with Gasteiger partial charge in [-0.3, -0.25) is 9.59 Å². The van der Waals surface area contributed by atoms with Crippen molar-refractivity contribution in [3.63, 3.8) is 0 Å². The average Bonchev–Trinajstić information content (AvgIpc) is 3.26. The molecule has 7 heteroatoms. The van der Waals surface area contributed by atoms with Crippen LogP contribution in [0.1, 0.15) is 23.7 Å². The standard InChI is InChI=1S/C25H25N5O2/c1-4-15-29-17(3)20(16-22(31)26-21-14-10-9-11-18(21)5-2)24(32)30-25(29)27-23(28-30)19-12-7-6-8-13-19/h4,6-14H,1,5,15-16H2,2-3H3,(H,26,31). The van der Waals surface area contributed by atoms with Crippen molar-refractivity contribution in [3.8, 4) is 11.4 Å². The molecule has 4 aromatic rings. The molecule has 0 saturated heterocycles. The average molecular weight is 428 g/mol. The van der Waals surface area contributed by atoms with Crippen LogP contribution in [0.2, 0.25) is 0 Å². The third-order valence-electron chi connectivity index (χ3n) is 5.48. The molecule has 0 unspecified atom stereocenters. The number of hydrogen-bond acceptors (Lipinski definition) is 4. The molecular weight excluding hydrogens is 402 g/mol. The van der Waals surface area contributed by atoms with Crippen molar-refractivity contribution in [1.29, 1.82) is 0 Å². The Balaban J connectivity index is 1.76. The lowest BCUT2D eigenvalue weighted by atomic mass is 10.1. The Morgan fingerprint density at radius 3 is 2.56 bits per heavy atom. The fourth-order valence-corrected chi connectivity index (χ4v) is 3.78. The number of benzene rings is 2. The summed E-state index contributed by atoms with van der Waals surface area (Å²) in [5.74, 6) is 0.629. The molecular formula is C25H25N5O2. The first-order valence-electron chi connectivity index (χ1n) is 10.6. The summed E-state index contributed by atoms with van der Waals surface area (Å²) in [7, 11) is 0. The van der Waals surface area contributed by atoms with Crippen LogP contribution < -0.4 is 10.9 Å². The summed E-state index contributed by atoms with van der Waals surface area (Å²) < 4.78 is 3.14.